The molecule has 0 aromatic heterocycles. The first-order chi connectivity index (χ1) is 7.14. The zero-order chi connectivity index (χ0) is 11.3. The normalized spacial score (nSPS) is 18.7. The maximum atomic E-state index is 12.2. The highest BCUT2D eigenvalue weighted by atomic mass is 35.5. The first kappa shape index (κ1) is 15.7. The number of amides is 1. The molecule has 1 rings (SSSR count). The van der Waals surface area contributed by atoms with Gasteiger partial charge in [-0.15, -0.1) is 12.4 Å². The van der Waals surface area contributed by atoms with Gasteiger partial charge < -0.3 is 15.4 Å². The van der Waals surface area contributed by atoms with E-state index >= 15 is 0 Å². The molecule has 4 nitrogen and oxygen atoms in total. The molecule has 0 unspecified atom stereocenters. The number of ether oxygens (including phenoxy) is 1. The lowest BCUT2D eigenvalue weighted by atomic mass is 9.89. The third-order valence-electron chi connectivity index (χ3n) is 2.97. The standard InChI is InChI=1S/C11H22N2O2.ClH/c1-3-7-13(4-2)10(14)11(12)5-8-15-9-6-11;/h3-9,12H2,1-2H3;1H. The van der Waals surface area contributed by atoms with Gasteiger partial charge in [0.25, 0.3) is 0 Å². The van der Waals surface area contributed by atoms with Crippen LogP contribution in [-0.2, 0) is 9.53 Å². The monoisotopic (exact) mass is 250 g/mol. The van der Waals surface area contributed by atoms with E-state index in [1.54, 1.807) is 0 Å². The number of hydrogen-bond acceptors (Lipinski definition) is 3. The fourth-order valence-corrected chi connectivity index (χ4v) is 1.94. The van der Waals surface area contributed by atoms with E-state index < -0.39 is 5.54 Å². The topological polar surface area (TPSA) is 55.6 Å². The van der Waals surface area contributed by atoms with Crippen LogP contribution in [0.15, 0.2) is 0 Å². The van der Waals surface area contributed by atoms with Crippen molar-refractivity contribution in [2.24, 2.45) is 5.73 Å². The van der Waals surface area contributed by atoms with Gasteiger partial charge in [-0.3, -0.25) is 4.79 Å². The van der Waals surface area contributed by atoms with Crippen molar-refractivity contribution in [3.63, 3.8) is 0 Å². The summed E-state index contributed by atoms with van der Waals surface area (Å²) >= 11 is 0. The van der Waals surface area contributed by atoms with Gasteiger partial charge in [0, 0.05) is 26.3 Å². The lowest BCUT2D eigenvalue weighted by Crippen LogP contribution is -2.58. The van der Waals surface area contributed by atoms with E-state index in [-0.39, 0.29) is 18.3 Å². The van der Waals surface area contributed by atoms with Crippen molar-refractivity contribution in [2.75, 3.05) is 26.3 Å². The van der Waals surface area contributed by atoms with Crippen LogP contribution >= 0.6 is 12.4 Å². The molecule has 0 aliphatic carbocycles. The number of carbonyl (C=O) groups excluding carboxylic acids is 1. The van der Waals surface area contributed by atoms with Crippen LogP contribution in [0.25, 0.3) is 0 Å². The predicted molar refractivity (Wildman–Crippen MR) is 66.8 cm³/mol. The molecule has 1 fully saturated rings. The molecule has 1 aliphatic rings. The average molecular weight is 251 g/mol. The van der Waals surface area contributed by atoms with Gasteiger partial charge in [0.15, 0.2) is 0 Å². The number of rotatable bonds is 4. The molecule has 0 radical (unpaired) electrons. The van der Waals surface area contributed by atoms with Crippen LogP contribution in [0.2, 0.25) is 0 Å². The van der Waals surface area contributed by atoms with Crippen LogP contribution < -0.4 is 5.73 Å². The predicted octanol–water partition coefficient (Wildman–Crippen LogP) is 1.17. The number of hydrogen-bond donors (Lipinski definition) is 1. The van der Waals surface area contributed by atoms with Gasteiger partial charge in [-0.25, -0.2) is 0 Å². The molecule has 0 aromatic rings. The van der Waals surface area contributed by atoms with Crippen molar-refractivity contribution in [3.05, 3.63) is 0 Å². The summed E-state index contributed by atoms with van der Waals surface area (Å²) < 4.78 is 5.24. The molecule has 96 valence electrons. The van der Waals surface area contributed by atoms with Gasteiger partial charge in [0.05, 0.1) is 5.54 Å². The van der Waals surface area contributed by atoms with Gasteiger partial charge in [-0.2, -0.15) is 0 Å². The van der Waals surface area contributed by atoms with E-state index in [9.17, 15) is 4.79 Å². The Hall–Kier alpha value is -0.320. The van der Waals surface area contributed by atoms with E-state index in [4.69, 9.17) is 10.5 Å². The highest BCUT2D eigenvalue weighted by Crippen LogP contribution is 2.20. The minimum Gasteiger partial charge on any atom is -0.381 e. The molecule has 0 saturated carbocycles. The van der Waals surface area contributed by atoms with Crippen LogP contribution in [0.4, 0.5) is 0 Å². The van der Waals surface area contributed by atoms with Crippen LogP contribution in [0.5, 0.6) is 0 Å². The summed E-state index contributed by atoms with van der Waals surface area (Å²) in [6.45, 7) is 6.82. The van der Waals surface area contributed by atoms with Gasteiger partial charge in [0.1, 0.15) is 0 Å². The van der Waals surface area contributed by atoms with Crippen LogP contribution in [0.1, 0.15) is 33.1 Å². The molecule has 0 bridgehead atoms. The first-order valence-electron chi connectivity index (χ1n) is 5.80. The average Bonchev–Trinajstić information content (AvgIpc) is 2.26. The minimum atomic E-state index is -0.677. The van der Waals surface area contributed by atoms with Crippen molar-refractivity contribution in [2.45, 2.75) is 38.6 Å². The quantitative estimate of drug-likeness (QED) is 0.815. The van der Waals surface area contributed by atoms with E-state index in [0.29, 0.717) is 26.1 Å². The summed E-state index contributed by atoms with van der Waals surface area (Å²) in [7, 11) is 0. The summed E-state index contributed by atoms with van der Waals surface area (Å²) in [6, 6.07) is 0. The second kappa shape index (κ2) is 7.09. The van der Waals surface area contributed by atoms with Crippen molar-refractivity contribution in [1.29, 1.82) is 0 Å². The molecule has 1 aliphatic heterocycles. The van der Waals surface area contributed by atoms with Crippen molar-refractivity contribution >= 4 is 18.3 Å². The molecule has 0 aromatic carbocycles. The summed E-state index contributed by atoms with van der Waals surface area (Å²) in [4.78, 5) is 14.0. The highest BCUT2D eigenvalue weighted by Gasteiger charge is 2.38. The molecule has 1 heterocycles. The number of likely N-dealkylation sites (N-methyl/N-ethyl adjacent to an activating group) is 1. The molecule has 1 saturated heterocycles. The summed E-state index contributed by atoms with van der Waals surface area (Å²) in [5.74, 6) is 0.0927. The maximum Gasteiger partial charge on any atom is 0.242 e. The van der Waals surface area contributed by atoms with E-state index in [2.05, 4.69) is 6.92 Å². The fraction of sp³-hybridized carbons (Fsp3) is 0.909. The van der Waals surface area contributed by atoms with E-state index in [0.717, 1.165) is 19.5 Å². The molecule has 5 heteroatoms. The second-order valence-electron chi connectivity index (χ2n) is 4.15. The maximum absolute atomic E-state index is 12.2. The lowest BCUT2D eigenvalue weighted by Gasteiger charge is -2.36. The van der Waals surface area contributed by atoms with E-state index in [1.165, 1.54) is 0 Å². The largest absolute Gasteiger partial charge is 0.381 e. The zero-order valence-electron chi connectivity index (χ0n) is 10.2. The number of carbonyl (C=O) groups is 1. The summed E-state index contributed by atoms with van der Waals surface area (Å²) in [5, 5.41) is 0. The Morgan fingerprint density at radius 3 is 2.38 bits per heavy atom. The van der Waals surface area contributed by atoms with Gasteiger partial charge >= 0.3 is 0 Å². The Bertz CT molecular complexity index is 218. The molecule has 1 amide bonds. The van der Waals surface area contributed by atoms with Crippen LogP contribution in [-0.4, -0.2) is 42.6 Å². The second-order valence-corrected chi connectivity index (χ2v) is 4.15. The molecule has 0 atom stereocenters. The Morgan fingerprint density at radius 1 is 1.38 bits per heavy atom. The molecule has 2 N–H and O–H groups in total. The third-order valence-corrected chi connectivity index (χ3v) is 2.97. The SMILES string of the molecule is CCCN(CC)C(=O)C1(N)CCOCC1.Cl. The Kier molecular flexibility index (Phi) is 6.95. The smallest absolute Gasteiger partial charge is 0.242 e. The van der Waals surface area contributed by atoms with Gasteiger partial charge in [0.2, 0.25) is 5.91 Å². The zero-order valence-corrected chi connectivity index (χ0v) is 11.0. The lowest BCUT2D eigenvalue weighted by molar-refractivity contribution is -0.140. The van der Waals surface area contributed by atoms with Crippen molar-refractivity contribution < 1.29 is 9.53 Å². The first-order valence-corrected chi connectivity index (χ1v) is 5.80. The highest BCUT2D eigenvalue weighted by molar-refractivity contribution is 5.86. The Morgan fingerprint density at radius 2 is 1.94 bits per heavy atom. The molecule has 16 heavy (non-hydrogen) atoms. The minimum absolute atomic E-state index is 0. The third kappa shape index (κ3) is 3.61. The van der Waals surface area contributed by atoms with E-state index in [1.807, 2.05) is 11.8 Å². The van der Waals surface area contributed by atoms with Crippen LogP contribution in [0.3, 0.4) is 0 Å². The van der Waals surface area contributed by atoms with Crippen molar-refractivity contribution in [1.82, 2.24) is 4.90 Å². The summed E-state index contributed by atoms with van der Waals surface area (Å²) in [6.07, 6.45) is 2.27. The summed E-state index contributed by atoms with van der Waals surface area (Å²) in [5.41, 5.74) is 5.46. The molecular weight excluding hydrogens is 228 g/mol. The molecule has 0 spiro atoms. The Labute approximate surface area is 104 Å². The fourth-order valence-electron chi connectivity index (χ4n) is 1.94. The number of nitrogens with zero attached hydrogens (tertiary/aromatic N) is 1. The molecular formula is C11H23ClN2O2. The van der Waals surface area contributed by atoms with Crippen molar-refractivity contribution in [3.8, 4) is 0 Å². The van der Waals surface area contributed by atoms with Gasteiger partial charge in [-0.1, -0.05) is 6.92 Å². The Balaban J connectivity index is 0.00000225. The number of halogens is 1. The van der Waals surface area contributed by atoms with Gasteiger partial charge in [-0.05, 0) is 26.2 Å². The number of nitrogens with two attached hydrogens (primary N) is 1. The van der Waals surface area contributed by atoms with Crippen LogP contribution in [0, 0.1) is 0 Å².